The van der Waals surface area contributed by atoms with Gasteiger partial charge >= 0.3 is 5.97 Å². The molecule has 1 aliphatic heterocycles. The number of hydrogen-bond donors (Lipinski definition) is 1. The molecule has 1 N–H and O–H groups in total. The summed E-state index contributed by atoms with van der Waals surface area (Å²) in [7, 11) is 1.57. The zero-order valence-electron chi connectivity index (χ0n) is 15.2. The Balaban J connectivity index is 1.87. The molecule has 1 amide bonds. The summed E-state index contributed by atoms with van der Waals surface area (Å²) in [5, 5.41) is 10.1. The van der Waals surface area contributed by atoms with Gasteiger partial charge in [-0.2, -0.15) is 0 Å². The summed E-state index contributed by atoms with van der Waals surface area (Å²) in [4.78, 5) is 27.1. The smallest absolute Gasteiger partial charge is 0.313 e. The standard InChI is InChI=1S/C22H19NO5/c1-27-15-10-8-14(9-11-15)20-19(22(25)26)17-6-2-3-7-18(17)21(24)23(20)13-16-5-4-12-28-16/h2-12,19-20H,13H2,1H3,(H,25,26)/t19-,20-/m0/s1. The lowest BCUT2D eigenvalue weighted by Gasteiger charge is -2.40. The van der Waals surface area contributed by atoms with Crippen molar-refractivity contribution in [2.75, 3.05) is 7.11 Å². The van der Waals surface area contributed by atoms with E-state index in [-0.39, 0.29) is 12.5 Å². The maximum atomic E-state index is 13.3. The van der Waals surface area contributed by atoms with Crippen LogP contribution >= 0.6 is 0 Å². The number of carbonyl (C=O) groups is 2. The largest absolute Gasteiger partial charge is 0.497 e. The number of rotatable bonds is 5. The number of hydrogen-bond acceptors (Lipinski definition) is 4. The van der Waals surface area contributed by atoms with Crippen molar-refractivity contribution in [1.82, 2.24) is 4.90 Å². The van der Waals surface area contributed by atoms with Crippen molar-refractivity contribution in [3.63, 3.8) is 0 Å². The summed E-state index contributed by atoms with van der Waals surface area (Å²) >= 11 is 0. The average Bonchev–Trinajstić information content (AvgIpc) is 3.23. The van der Waals surface area contributed by atoms with E-state index in [1.54, 1.807) is 72.7 Å². The molecule has 0 unspecified atom stereocenters. The molecule has 6 nitrogen and oxygen atoms in total. The maximum Gasteiger partial charge on any atom is 0.313 e. The van der Waals surface area contributed by atoms with Crippen molar-refractivity contribution in [2.45, 2.75) is 18.5 Å². The molecule has 0 saturated carbocycles. The average molecular weight is 377 g/mol. The van der Waals surface area contributed by atoms with Crippen LogP contribution in [0.1, 0.15) is 39.2 Å². The van der Waals surface area contributed by atoms with E-state index in [4.69, 9.17) is 9.15 Å². The Hall–Kier alpha value is -3.54. The number of furan rings is 1. The molecule has 2 aromatic carbocycles. The van der Waals surface area contributed by atoms with Crippen molar-refractivity contribution >= 4 is 11.9 Å². The summed E-state index contributed by atoms with van der Waals surface area (Å²) in [5.41, 5.74) is 1.66. The number of fused-ring (bicyclic) bond motifs is 1. The summed E-state index contributed by atoms with van der Waals surface area (Å²) < 4.78 is 10.6. The highest BCUT2D eigenvalue weighted by Crippen LogP contribution is 2.43. The van der Waals surface area contributed by atoms with Gasteiger partial charge in [0.1, 0.15) is 17.4 Å². The van der Waals surface area contributed by atoms with Crippen LogP contribution in [-0.2, 0) is 11.3 Å². The zero-order chi connectivity index (χ0) is 19.7. The molecular formula is C22H19NO5. The molecule has 0 spiro atoms. The van der Waals surface area contributed by atoms with Crippen molar-refractivity contribution < 1.29 is 23.8 Å². The third-order valence-electron chi connectivity index (χ3n) is 5.07. The first kappa shape index (κ1) is 17.9. The van der Waals surface area contributed by atoms with Crippen LogP contribution in [0.2, 0.25) is 0 Å². The van der Waals surface area contributed by atoms with E-state index in [2.05, 4.69) is 0 Å². The first-order chi connectivity index (χ1) is 13.6. The van der Waals surface area contributed by atoms with Gasteiger partial charge in [-0.15, -0.1) is 0 Å². The van der Waals surface area contributed by atoms with E-state index in [0.717, 1.165) is 5.56 Å². The number of carbonyl (C=O) groups excluding carboxylic acids is 1. The molecule has 6 heteroatoms. The SMILES string of the molecule is COc1ccc([C@H]2[C@@H](C(=O)O)c3ccccc3C(=O)N2Cc2ccco2)cc1. The Morgan fingerprint density at radius 3 is 2.50 bits per heavy atom. The molecule has 4 rings (SSSR count). The fourth-order valence-corrected chi connectivity index (χ4v) is 3.78. The number of aliphatic carboxylic acids is 1. The molecule has 0 saturated heterocycles. The molecular weight excluding hydrogens is 358 g/mol. The topological polar surface area (TPSA) is 80.0 Å². The van der Waals surface area contributed by atoms with Crippen molar-refractivity contribution in [1.29, 1.82) is 0 Å². The summed E-state index contributed by atoms with van der Waals surface area (Å²) in [6.07, 6.45) is 1.54. The number of nitrogens with zero attached hydrogens (tertiary/aromatic N) is 1. The molecule has 2 atom stereocenters. The van der Waals surface area contributed by atoms with Gasteiger partial charge in [-0.3, -0.25) is 9.59 Å². The minimum atomic E-state index is -0.981. The Morgan fingerprint density at radius 2 is 1.86 bits per heavy atom. The first-order valence-electron chi connectivity index (χ1n) is 8.89. The molecule has 2 heterocycles. The summed E-state index contributed by atoms with van der Waals surface area (Å²) in [5.74, 6) is -0.834. The van der Waals surface area contributed by atoms with Gasteiger partial charge in [0.2, 0.25) is 0 Å². The highest BCUT2D eigenvalue weighted by molar-refractivity contribution is 6.00. The first-order valence-corrected chi connectivity index (χ1v) is 8.89. The minimum absolute atomic E-state index is 0.181. The molecule has 1 aromatic heterocycles. The summed E-state index contributed by atoms with van der Waals surface area (Å²) in [6, 6.07) is 16.9. The van der Waals surface area contributed by atoms with E-state index >= 15 is 0 Å². The lowest BCUT2D eigenvalue weighted by Crippen LogP contribution is -2.44. The van der Waals surface area contributed by atoms with Crippen LogP contribution in [0.4, 0.5) is 0 Å². The highest BCUT2D eigenvalue weighted by atomic mass is 16.5. The minimum Gasteiger partial charge on any atom is -0.497 e. The lowest BCUT2D eigenvalue weighted by molar-refractivity contribution is -0.140. The normalized spacial score (nSPS) is 18.6. The van der Waals surface area contributed by atoms with Crippen molar-refractivity contribution in [3.8, 4) is 5.75 Å². The molecule has 28 heavy (non-hydrogen) atoms. The van der Waals surface area contributed by atoms with Crippen LogP contribution in [0.3, 0.4) is 0 Å². The van der Waals surface area contributed by atoms with Crippen LogP contribution in [-0.4, -0.2) is 29.0 Å². The van der Waals surface area contributed by atoms with E-state index < -0.39 is 17.9 Å². The van der Waals surface area contributed by atoms with Crippen LogP contribution in [0.15, 0.2) is 71.3 Å². The monoisotopic (exact) mass is 377 g/mol. The number of ether oxygens (including phenoxy) is 1. The molecule has 0 radical (unpaired) electrons. The quantitative estimate of drug-likeness (QED) is 0.730. The number of methoxy groups -OCH3 is 1. The van der Waals surface area contributed by atoms with E-state index in [0.29, 0.717) is 22.6 Å². The second kappa shape index (κ2) is 7.23. The van der Waals surface area contributed by atoms with Crippen LogP contribution in [0.25, 0.3) is 0 Å². The number of carboxylic acid groups (broad SMARTS) is 1. The molecule has 142 valence electrons. The number of benzene rings is 2. The Kier molecular flexibility index (Phi) is 4.61. The van der Waals surface area contributed by atoms with Crippen molar-refractivity contribution in [2.24, 2.45) is 0 Å². The van der Waals surface area contributed by atoms with Gasteiger partial charge in [0, 0.05) is 5.56 Å². The molecule has 0 aliphatic carbocycles. The molecule has 0 bridgehead atoms. The maximum absolute atomic E-state index is 13.3. The fraction of sp³-hybridized carbons (Fsp3) is 0.182. The van der Waals surface area contributed by atoms with Crippen LogP contribution < -0.4 is 4.74 Å². The van der Waals surface area contributed by atoms with Gasteiger partial charge in [-0.1, -0.05) is 30.3 Å². The summed E-state index contributed by atoms with van der Waals surface area (Å²) in [6.45, 7) is 0.181. The van der Waals surface area contributed by atoms with Crippen LogP contribution in [0.5, 0.6) is 5.75 Å². The van der Waals surface area contributed by atoms with Gasteiger partial charge < -0.3 is 19.2 Å². The Morgan fingerprint density at radius 1 is 1.11 bits per heavy atom. The van der Waals surface area contributed by atoms with E-state index in [1.165, 1.54) is 6.26 Å². The van der Waals surface area contributed by atoms with Gasteiger partial charge in [0.15, 0.2) is 0 Å². The molecule has 1 aliphatic rings. The van der Waals surface area contributed by atoms with E-state index in [1.807, 2.05) is 0 Å². The molecule has 3 aromatic rings. The van der Waals surface area contributed by atoms with Gasteiger partial charge in [0.25, 0.3) is 5.91 Å². The predicted molar refractivity (Wildman–Crippen MR) is 101 cm³/mol. The zero-order valence-corrected chi connectivity index (χ0v) is 15.2. The fourth-order valence-electron chi connectivity index (χ4n) is 3.78. The number of amides is 1. The highest BCUT2D eigenvalue weighted by Gasteiger charge is 2.44. The molecule has 0 fully saturated rings. The second-order valence-corrected chi connectivity index (χ2v) is 6.63. The third kappa shape index (κ3) is 3.03. The van der Waals surface area contributed by atoms with Gasteiger partial charge in [-0.05, 0) is 41.5 Å². The van der Waals surface area contributed by atoms with Gasteiger partial charge in [-0.25, -0.2) is 0 Å². The predicted octanol–water partition coefficient (Wildman–Crippen LogP) is 3.85. The number of carboxylic acids is 1. The van der Waals surface area contributed by atoms with Gasteiger partial charge in [0.05, 0.1) is 26.0 Å². The lowest BCUT2D eigenvalue weighted by atomic mass is 9.79. The van der Waals surface area contributed by atoms with E-state index in [9.17, 15) is 14.7 Å². The third-order valence-corrected chi connectivity index (χ3v) is 5.07. The second-order valence-electron chi connectivity index (χ2n) is 6.63. The Bertz CT molecular complexity index is 994. The van der Waals surface area contributed by atoms with Crippen molar-refractivity contribution in [3.05, 3.63) is 89.4 Å². The Labute approximate surface area is 162 Å². The van der Waals surface area contributed by atoms with Crippen LogP contribution in [0, 0.1) is 0 Å².